The van der Waals surface area contributed by atoms with Gasteiger partial charge in [0, 0.05) is 0 Å². The number of anilines is 2. The van der Waals surface area contributed by atoms with Gasteiger partial charge < -0.3 is 0 Å². The third-order valence-electron chi connectivity index (χ3n) is 5.62. The van der Waals surface area contributed by atoms with E-state index in [4.69, 9.17) is 0 Å². The molecule has 7 heteroatoms. The summed E-state index contributed by atoms with van der Waals surface area (Å²) >= 11 is 7.00. The zero-order valence-electron chi connectivity index (χ0n) is 16.3. The fourth-order valence-electron chi connectivity index (χ4n) is 4.23. The summed E-state index contributed by atoms with van der Waals surface area (Å²) in [5.41, 5.74) is 2.65. The van der Waals surface area contributed by atoms with Crippen LogP contribution in [0.1, 0.15) is 17.6 Å². The zero-order valence-corrected chi connectivity index (χ0v) is 20.5. The van der Waals surface area contributed by atoms with Crippen LogP contribution in [0.4, 0.5) is 11.4 Å². The van der Waals surface area contributed by atoms with Crippen LogP contribution in [0.25, 0.3) is 0 Å². The first-order chi connectivity index (χ1) is 14.5. The number of carbonyl (C=O) groups excluding carboxylic acids is 1. The van der Waals surface area contributed by atoms with Crippen LogP contribution >= 0.6 is 39.7 Å². The molecule has 0 amide bonds. The van der Waals surface area contributed by atoms with Crippen LogP contribution in [0, 0.1) is 0 Å². The van der Waals surface area contributed by atoms with Crippen molar-refractivity contribution in [3.63, 3.8) is 0 Å². The van der Waals surface area contributed by atoms with Crippen LogP contribution in [0.2, 0.25) is 0 Å². The summed E-state index contributed by atoms with van der Waals surface area (Å²) in [4.78, 5) is 24.2. The molecule has 4 nitrogen and oxygen atoms in total. The van der Waals surface area contributed by atoms with Crippen molar-refractivity contribution in [2.45, 2.75) is 12.1 Å². The Morgan fingerprint density at radius 1 is 0.833 bits per heavy atom. The fourth-order valence-corrected chi connectivity index (χ4v) is 8.77. The van der Waals surface area contributed by atoms with Gasteiger partial charge in [-0.25, -0.2) is 0 Å². The molecule has 0 aromatic heterocycles. The molecule has 3 aromatic rings. The van der Waals surface area contributed by atoms with Gasteiger partial charge in [-0.1, -0.05) is 0 Å². The van der Waals surface area contributed by atoms with Gasteiger partial charge in [0.1, 0.15) is 0 Å². The number of halogens is 2. The maximum absolute atomic E-state index is 12.5. The molecule has 0 aliphatic carbocycles. The standard InChI is InChI=1S/C23H23Br2N2O2P/c24-19-6-10-21(11-7-19)26-15-16-27(22-12-8-20(25)9-13-22)30(26,29)23(14-17-28)18-4-2-1-3-5-18/h1-13,17,23,29-30H,14-16H2. The molecule has 1 unspecified atom stereocenters. The van der Waals surface area contributed by atoms with Crippen molar-refractivity contribution in [2.75, 3.05) is 22.4 Å². The topological polar surface area (TPSA) is 43.8 Å². The third kappa shape index (κ3) is 4.06. The van der Waals surface area contributed by atoms with Gasteiger partial charge in [-0.05, 0) is 0 Å². The second-order valence-electron chi connectivity index (χ2n) is 7.31. The van der Waals surface area contributed by atoms with Gasteiger partial charge >= 0.3 is 195 Å². The van der Waals surface area contributed by atoms with Crippen LogP contribution in [0.15, 0.2) is 87.8 Å². The fraction of sp³-hybridized carbons (Fsp3) is 0.174. The second-order valence-corrected chi connectivity index (χ2v) is 12.3. The minimum absolute atomic E-state index is 0.271. The van der Waals surface area contributed by atoms with E-state index in [1.54, 1.807) is 0 Å². The van der Waals surface area contributed by atoms with E-state index in [2.05, 4.69) is 41.2 Å². The Kier molecular flexibility index (Phi) is 6.59. The summed E-state index contributed by atoms with van der Waals surface area (Å²) in [5.74, 6) is 0. The first kappa shape index (κ1) is 21.5. The van der Waals surface area contributed by atoms with E-state index < -0.39 is 7.79 Å². The molecule has 0 spiro atoms. The molecule has 1 aliphatic rings. The second kappa shape index (κ2) is 9.19. The summed E-state index contributed by atoms with van der Waals surface area (Å²) < 4.78 is 6.27. The average Bonchev–Trinajstić information content (AvgIpc) is 3.11. The maximum atomic E-state index is 12.5. The Bertz CT molecular complexity index is 946. The van der Waals surface area contributed by atoms with Crippen LogP contribution in [-0.4, -0.2) is 24.3 Å². The Morgan fingerprint density at radius 3 is 1.73 bits per heavy atom. The van der Waals surface area contributed by atoms with Crippen molar-refractivity contribution in [2.24, 2.45) is 0 Å². The van der Waals surface area contributed by atoms with Crippen molar-refractivity contribution < 1.29 is 9.69 Å². The Balaban J connectivity index is 1.86. The summed E-state index contributed by atoms with van der Waals surface area (Å²) in [5, 5.41) is 0. The quantitative estimate of drug-likeness (QED) is 0.287. The van der Waals surface area contributed by atoms with Crippen molar-refractivity contribution >= 4 is 57.3 Å². The number of hydrogen-bond donors (Lipinski definition) is 1. The molecular formula is C23H23Br2N2O2P. The summed E-state index contributed by atoms with van der Waals surface area (Å²) in [6.45, 7) is 1.39. The van der Waals surface area contributed by atoms with E-state index in [9.17, 15) is 9.69 Å². The molecule has 156 valence electrons. The SMILES string of the molecule is O=CCC(c1ccccc1)[PH]1(O)N(c2ccc(Br)cc2)CCN1c1ccc(Br)cc1. The molecule has 1 fully saturated rings. The third-order valence-corrected chi connectivity index (χ3v) is 10.7. The van der Waals surface area contributed by atoms with Crippen molar-refractivity contribution in [1.82, 2.24) is 0 Å². The first-order valence-corrected chi connectivity index (χ1v) is 13.3. The molecule has 1 atom stereocenters. The van der Waals surface area contributed by atoms with Crippen LogP contribution in [0.5, 0.6) is 0 Å². The monoisotopic (exact) mass is 548 g/mol. The summed E-state index contributed by atoms with van der Waals surface area (Å²) in [7, 11) is -3.35. The molecule has 1 heterocycles. The number of hydrogen-bond acceptors (Lipinski definition) is 4. The number of carbonyl (C=O) groups is 1. The van der Waals surface area contributed by atoms with E-state index in [-0.39, 0.29) is 12.1 Å². The van der Waals surface area contributed by atoms with Gasteiger partial charge in [0.25, 0.3) is 0 Å². The van der Waals surface area contributed by atoms with Crippen molar-refractivity contribution in [3.8, 4) is 0 Å². The number of nitrogens with zero attached hydrogens (tertiary/aromatic N) is 2. The Hall–Kier alpha value is -1.72. The Morgan fingerprint density at radius 2 is 1.30 bits per heavy atom. The molecule has 1 N–H and O–H groups in total. The van der Waals surface area contributed by atoms with Gasteiger partial charge in [-0.3, -0.25) is 0 Å². The van der Waals surface area contributed by atoms with Crippen LogP contribution < -0.4 is 9.34 Å². The summed E-state index contributed by atoms with van der Waals surface area (Å²) in [6.07, 6.45) is 1.20. The van der Waals surface area contributed by atoms with E-state index in [1.807, 2.05) is 78.9 Å². The van der Waals surface area contributed by atoms with Gasteiger partial charge in [-0.2, -0.15) is 0 Å². The average molecular weight is 550 g/mol. The van der Waals surface area contributed by atoms with Crippen molar-refractivity contribution in [1.29, 1.82) is 0 Å². The molecule has 3 aromatic carbocycles. The van der Waals surface area contributed by atoms with Gasteiger partial charge in [-0.15, -0.1) is 0 Å². The first-order valence-electron chi connectivity index (χ1n) is 9.81. The predicted octanol–water partition coefficient (Wildman–Crippen LogP) is 6.36. The molecule has 0 saturated carbocycles. The van der Waals surface area contributed by atoms with Crippen molar-refractivity contribution in [3.05, 3.63) is 93.4 Å². The Labute approximate surface area is 194 Å². The molecule has 30 heavy (non-hydrogen) atoms. The van der Waals surface area contributed by atoms with Gasteiger partial charge in [0.2, 0.25) is 0 Å². The molecule has 1 saturated heterocycles. The van der Waals surface area contributed by atoms with Gasteiger partial charge in [0.15, 0.2) is 0 Å². The van der Waals surface area contributed by atoms with E-state index in [1.165, 1.54) is 0 Å². The molecule has 0 bridgehead atoms. The number of benzene rings is 3. The van der Waals surface area contributed by atoms with E-state index in [0.717, 1.165) is 32.2 Å². The molecule has 0 radical (unpaired) electrons. The van der Waals surface area contributed by atoms with Gasteiger partial charge in [0.05, 0.1) is 0 Å². The van der Waals surface area contributed by atoms with Crippen LogP contribution in [-0.2, 0) is 4.79 Å². The minimum atomic E-state index is -3.35. The van der Waals surface area contributed by atoms with Crippen LogP contribution in [0.3, 0.4) is 0 Å². The molecular weight excluding hydrogens is 527 g/mol. The van der Waals surface area contributed by atoms with E-state index in [0.29, 0.717) is 13.1 Å². The molecule has 1 aliphatic heterocycles. The summed E-state index contributed by atoms with van der Waals surface area (Å²) in [6, 6.07) is 26.0. The van der Waals surface area contributed by atoms with E-state index >= 15 is 0 Å². The molecule has 4 rings (SSSR count). The zero-order chi connectivity index (χ0) is 21.1. The predicted molar refractivity (Wildman–Crippen MR) is 133 cm³/mol. The number of aldehydes is 1. The normalized spacial score (nSPS) is 17.6. The number of rotatable bonds is 6.